The van der Waals surface area contributed by atoms with E-state index in [0.29, 0.717) is 6.04 Å². The maximum atomic E-state index is 3.63. The third-order valence-electron chi connectivity index (χ3n) is 4.32. The van der Waals surface area contributed by atoms with Gasteiger partial charge in [-0.15, -0.1) is 0 Å². The van der Waals surface area contributed by atoms with E-state index < -0.39 is 0 Å². The lowest BCUT2D eigenvalue weighted by atomic mass is 10.0. The van der Waals surface area contributed by atoms with Crippen molar-refractivity contribution in [2.45, 2.75) is 45.7 Å². The number of halogens is 1. The predicted octanol–water partition coefficient (Wildman–Crippen LogP) is 4.22. The monoisotopic (exact) mass is 338 g/mol. The Kier molecular flexibility index (Phi) is 6.06. The normalized spacial score (nSPS) is 25.0. The van der Waals surface area contributed by atoms with E-state index >= 15 is 0 Å². The smallest absolute Gasteiger partial charge is 0.0332 e. The number of hydrogen-bond donors (Lipinski definition) is 1. The zero-order chi connectivity index (χ0) is 14.5. The zero-order valence-electron chi connectivity index (χ0n) is 12.9. The summed E-state index contributed by atoms with van der Waals surface area (Å²) < 4.78 is 1.17. The Morgan fingerprint density at radius 2 is 2.20 bits per heavy atom. The molecular formula is C17H27BrN2. The first-order chi connectivity index (χ1) is 9.60. The van der Waals surface area contributed by atoms with Crippen molar-refractivity contribution in [1.82, 2.24) is 10.2 Å². The van der Waals surface area contributed by atoms with Gasteiger partial charge in [0.2, 0.25) is 0 Å². The Hall–Kier alpha value is -0.380. The van der Waals surface area contributed by atoms with Crippen molar-refractivity contribution < 1.29 is 0 Å². The fourth-order valence-electron chi connectivity index (χ4n) is 3.35. The molecule has 0 amide bonds. The summed E-state index contributed by atoms with van der Waals surface area (Å²) in [5.41, 5.74) is 1.39. The largest absolute Gasteiger partial charge is 0.310 e. The first-order valence-corrected chi connectivity index (χ1v) is 8.62. The van der Waals surface area contributed by atoms with Crippen LogP contribution in [0.2, 0.25) is 0 Å². The highest BCUT2D eigenvalue weighted by Crippen LogP contribution is 2.25. The van der Waals surface area contributed by atoms with Crippen LogP contribution < -0.4 is 5.32 Å². The van der Waals surface area contributed by atoms with Gasteiger partial charge < -0.3 is 10.2 Å². The van der Waals surface area contributed by atoms with E-state index in [2.05, 4.69) is 71.2 Å². The Morgan fingerprint density at radius 1 is 1.40 bits per heavy atom. The fourth-order valence-corrected chi connectivity index (χ4v) is 3.77. The molecule has 1 saturated heterocycles. The molecule has 0 bridgehead atoms. The quantitative estimate of drug-likeness (QED) is 0.835. The molecule has 0 aromatic heterocycles. The van der Waals surface area contributed by atoms with E-state index in [4.69, 9.17) is 0 Å². The molecular weight excluding hydrogens is 312 g/mol. The highest BCUT2D eigenvalue weighted by Gasteiger charge is 2.26. The van der Waals surface area contributed by atoms with E-state index in [0.717, 1.165) is 18.5 Å². The van der Waals surface area contributed by atoms with Crippen molar-refractivity contribution in [3.8, 4) is 0 Å². The number of benzene rings is 1. The minimum Gasteiger partial charge on any atom is -0.310 e. The van der Waals surface area contributed by atoms with Crippen molar-refractivity contribution in [3.63, 3.8) is 0 Å². The summed E-state index contributed by atoms with van der Waals surface area (Å²) in [7, 11) is 0. The number of rotatable bonds is 6. The van der Waals surface area contributed by atoms with Gasteiger partial charge in [0, 0.05) is 29.6 Å². The van der Waals surface area contributed by atoms with E-state index in [1.165, 1.54) is 36.0 Å². The molecule has 1 fully saturated rings. The molecule has 112 valence electrons. The van der Waals surface area contributed by atoms with Crippen LogP contribution in [0.4, 0.5) is 0 Å². The van der Waals surface area contributed by atoms with Crippen molar-refractivity contribution >= 4 is 15.9 Å². The van der Waals surface area contributed by atoms with Crippen molar-refractivity contribution in [2.75, 3.05) is 19.6 Å². The summed E-state index contributed by atoms with van der Waals surface area (Å²) in [5.74, 6) is 0.855. The van der Waals surface area contributed by atoms with Crippen LogP contribution in [0.5, 0.6) is 0 Å². The number of hydrogen-bond acceptors (Lipinski definition) is 2. The zero-order valence-corrected chi connectivity index (χ0v) is 14.5. The molecule has 1 aromatic rings. The van der Waals surface area contributed by atoms with Crippen molar-refractivity contribution in [1.29, 1.82) is 0 Å². The summed E-state index contributed by atoms with van der Waals surface area (Å²) in [6, 6.07) is 9.90. The summed E-state index contributed by atoms with van der Waals surface area (Å²) in [6.07, 6.45) is 2.53. The molecule has 2 nitrogen and oxygen atoms in total. The molecule has 1 N–H and O–H groups in total. The minimum absolute atomic E-state index is 0.459. The van der Waals surface area contributed by atoms with Gasteiger partial charge in [-0.25, -0.2) is 0 Å². The predicted molar refractivity (Wildman–Crippen MR) is 90.0 cm³/mol. The number of likely N-dealkylation sites (tertiary alicyclic amines) is 1. The molecule has 1 aromatic carbocycles. The van der Waals surface area contributed by atoms with Gasteiger partial charge in [-0.1, -0.05) is 41.9 Å². The van der Waals surface area contributed by atoms with Crippen molar-refractivity contribution in [2.24, 2.45) is 5.92 Å². The molecule has 0 aliphatic carbocycles. The minimum atomic E-state index is 0.459. The molecule has 1 aliphatic rings. The van der Waals surface area contributed by atoms with E-state index in [9.17, 15) is 0 Å². The maximum Gasteiger partial charge on any atom is 0.0332 e. The molecule has 20 heavy (non-hydrogen) atoms. The van der Waals surface area contributed by atoms with Crippen LogP contribution >= 0.6 is 15.9 Å². The summed E-state index contributed by atoms with van der Waals surface area (Å²) in [5, 5.41) is 3.63. The number of nitrogens with one attached hydrogen (secondary N) is 1. The summed E-state index contributed by atoms with van der Waals surface area (Å²) in [6.45, 7) is 10.4. The van der Waals surface area contributed by atoms with Crippen LogP contribution in [0.3, 0.4) is 0 Å². The van der Waals surface area contributed by atoms with E-state index in [-0.39, 0.29) is 0 Å². The molecule has 0 spiro atoms. The van der Waals surface area contributed by atoms with Gasteiger partial charge in [0.15, 0.2) is 0 Å². The standard InChI is InChI=1S/C17H27BrN2/c1-4-19-17(15-6-5-7-16(18)11-15)8-9-20-12-13(2)10-14(20)3/h5-7,11,13-14,17,19H,4,8-10,12H2,1-3H3. The topological polar surface area (TPSA) is 15.3 Å². The highest BCUT2D eigenvalue weighted by molar-refractivity contribution is 9.10. The van der Waals surface area contributed by atoms with Gasteiger partial charge in [0.25, 0.3) is 0 Å². The van der Waals surface area contributed by atoms with E-state index in [1.54, 1.807) is 0 Å². The summed E-state index contributed by atoms with van der Waals surface area (Å²) >= 11 is 3.58. The molecule has 3 unspecified atom stereocenters. The lowest BCUT2D eigenvalue weighted by Gasteiger charge is -2.25. The first-order valence-electron chi connectivity index (χ1n) is 7.83. The summed E-state index contributed by atoms with van der Waals surface area (Å²) in [4.78, 5) is 2.65. The van der Waals surface area contributed by atoms with Crippen LogP contribution in [0, 0.1) is 5.92 Å². The van der Waals surface area contributed by atoms with Crippen LogP contribution in [0.25, 0.3) is 0 Å². The average Bonchev–Trinajstić information content (AvgIpc) is 2.73. The molecule has 0 saturated carbocycles. The third kappa shape index (κ3) is 4.31. The molecule has 1 heterocycles. The maximum absolute atomic E-state index is 3.63. The SMILES string of the molecule is CCNC(CCN1CC(C)CC1C)c1cccc(Br)c1. The van der Waals surface area contributed by atoms with Gasteiger partial charge in [-0.2, -0.15) is 0 Å². The van der Waals surface area contributed by atoms with Gasteiger partial charge in [-0.05, 0) is 49.9 Å². The highest BCUT2D eigenvalue weighted by atomic mass is 79.9. The van der Waals surface area contributed by atoms with Crippen LogP contribution in [0.15, 0.2) is 28.7 Å². The van der Waals surface area contributed by atoms with Gasteiger partial charge in [0.1, 0.15) is 0 Å². The van der Waals surface area contributed by atoms with Crippen LogP contribution in [-0.2, 0) is 0 Å². The third-order valence-corrected chi connectivity index (χ3v) is 4.81. The Morgan fingerprint density at radius 3 is 2.80 bits per heavy atom. The first kappa shape index (κ1) is 16.0. The Balaban J connectivity index is 1.96. The second kappa shape index (κ2) is 7.58. The Labute approximate surface area is 132 Å². The second-order valence-electron chi connectivity index (χ2n) is 6.14. The van der Waals surface area contributed by atoms with E-state index in [1.807, 2.05) is 0 Å². The lowest BCUT2D eigenvalue weighted by molar-refractivity contribution is 0.249. The van der Waals surface area contributed by atoms with Crippen LogP contribution in [-0.4, -0.2) is 30.6 Å². The fraction of sp³-hybridized carbons (Fsp3) is 0.647. The molecule has 2 rings (SSSR count). The van der Waals surface area contributed by atoms with Crippen LogP contribution in [0.1, 0.15) is 45.2 Å². The molecule has 1 aliphatic heterocycles. The number of nitrogens with zero attached hydrogens (tertiary/aromatic N) is 1. The van der Waals surface area contributed by atoms with Gasteiger partial charge >= 0.3 is 0 Å². The molecule has 0 radical (unpaired) electrons. The molecule has 3 heteroatoms. The van der Waals surface area contributed by atoms with Gasteiger partial charge in [0.05, 0.1) is 0 Å². The second-order valence-corrected chi connectivity index (χ2v) is 7.05. The lowest BCUT2D eigenvalue weighted by Crippen LogP contribution is -2.32. The molecule has 3 atom stereocenters. The average molecular weight is 339 g/mol. The van der Waals surface area contributed by atoms with Crippen molar-refractivity contribution in [3.05, 3.63) is 34.3 Å². The van der Waals surface area contributed by atoms with Gasteiger partial charge in [-0.3, -0.25) is 0 Å². The Bertz CT molecular complexity index is 421.